The van der Waals surface area contributed by atoms with E-state index in [1.165, 1.54) is 257 Å². The summed E-state index contributed by atoms with van der Waals surface area (Å²) in [5.41, 5.74) is 0. The predicted octanol–water partition coefficient (Wildman–Crippen LogP) is 16.7. The van der Waals surface area contributed by atoms with Crippen LogP contribution in [0.25, 0.3) is 0 Å². The molecule has 0 spiro atoms. The minimum atomic E-state index is -0.676. The van der Waals surface area contributed by atoms with Crippen molar-refractivity contribution in [3.05, 3.63) is 0 Å². The van der Waals surface area contributed by atoms with E-state index >= 15 is 0 Å². The molecule has 0 aromatic heterocycles. The zero-order chi connectivity index (χ0) is 53.1. The lowest BCUT2D eigenvalue weighted by molar-refractivity contribution is -0.141. The Morgan fingerprint density at radius 2 is 0.548 bits per heavy atom. The summed E-state index contributed by atoms with van der Waals surface area (Å²) in [6.45, 7) is 22.0. The van der Waals surface area contributed by atoms with Crippen molar-refractivity contribution in [1.29, 1.82) is 0 Å². The first-order valence-electron chi connectivity index (χ1n) is 32.7. The van der Waals surface area contributed by atoms with Gasteiger partial charge in [-0.25, -0.2) is 0 Å². The molecule has 9 nitrogen and oxygen atoms in total. The molecular weight excluding hydrogens is 903 g/mol. The standard InChI is InChI=1S/C64H127N5O4/c1-6-10-14-18-22-23-24-25-27-33-39-44-50-66(51-45-40-34-28-26-29-35-41-47-61(5)64(72)73)59-62(70)68-55-57-69(58-56-68)63(71)60-67(52-46-38-32-21-17-13-9-4)54-53-65(48-42-36-30-19-15-11-7-2)49-43-37-31-20-16-12-8-3/h61H,6-60H2,1-5H3,(H,72,73). The second-order valence-corrected chi connectivity index (χ2v) is 23.3. The Morgan fingerprint density at radius 3 is 0.822 bits per heavy atom. The van der Waals surface area contributed by atoms with E-state index in [4.69, 9.17) is 5.11 Å². The van der Waals surface area contributed by atoms with Gasteiger partial charge >= 0.3 is 5.97 Å². The number of carboxylic acids is 1. The molecule has 1 heterocycles. The molecule has 0 radical (unpaired) electrons. The van der Waals surface area contributed by atoms with Gasteiger partial charge in [-0.2, -0.15) is 0 Å². The first-order valence-corrected chi connectivity index (χ1v) is 32.7. The largest absolute Gasteiger partial charge is 0.481 e. The van der Waals surface area contributed by atoms with Crippen LogP contribution in [0.4, 0.5) is 0 Å². The van der Waals surface area contributed by atoms with Crippen LogP contribution in [-0.2, 0) is 14.4 Å². The van der Waals surface area contributed by atoms with E-state index in [2.05, 4.69) is 52.2 Å². The number of rotatable bonds is 56. The zero-order valence-electron chi connectivity index (χ0n) is 49.9. The molecule has 1 aliphatic heterocycles. The highest BCUT2D eigenvalue weighted by Gasteiger charge is 2.26. The number of aliphatic carboxylic acids is 1. The second-order valence-electron chi connectivity index (χ2n) is 23.3. The number of unbranched alkanes of at least 4 members (excludes halogenated alkanes) is 36. The Labute approximate surface area is 455 Å². The van der Waals surface area contributed by atoms with Gasteiger partial charge in [0, 0.05) is 39.3 Å². The minimum absolute atomic E-state index is 0.232. The first-order chi connectivity index (χ1) is 35.7. The van der Waals surface area contributed by atoms with Crippen molar-refractivity contribution in [3.8, 4) is 0 Å². The molecule has 0 aromatic carbocycles. The van der Waals surface area contributed by atoms with Crippen LogP contribution in [-0.4, -0.2) is 132 Å². The van der Waals surface area contributed by atoms with Crippen LogP contribution < -0.4 is 0 Å². The molecule has 0 saturated carbocycles. The topological polar surface area (TPSA) is 87.6 Å². The fraction of sp³-hybridized carbons (Fsp3) is 0.953. The summed E-state index contributed by atoms with van der Waals surface area (Å²) in [6, 6.07) is 0. The summed E-state index contributed by atoms with van der Waals surface area (Å²) in [7, 11) is 0. The van der Waals surface area contributed by atoms with E-state index in [9.17, 15) is 14.4 Å². The van der Waals surface area contributed by atoms with Gasteiger partial charge < -0.3 is 19.8 Å². The first kappa shape index (κ1) is 69.3. The number of piperazine rings is 1. The maximum Gasteiger partial charge on any atom is 0.306 e. The molecule has 0 aliphatic carbocycles. The van der Waals surface area contributed by atoms with Crippen molar-refractivity contribution in [3.63, 3.8) is 0 Å². The van der Waals surface area contributed by atoms with Gasteiger partial charge in [-0.05, 0) is 71.2 Å². The fourth-order valence-electron chi connectivity index (χ4n) is 11.0. The summed E-state index contributed by atoms with van der Waals surface area (Å²) in [4.78, 5) is 51.0. The van der Waals surface area contributed by atoms with E-state index in [-0.39, 0.29) is 17.7 Å². The summed E-state index contributed by atoms with van der Waals surface area (Å²) in [6.07, 6.45) is 54.1. The van der Waals surface area contributed by atoms with Crippen molar-refractivity contribution < 1.29 is 19.5 Å². The van der Waals surface area contributed by atoms with Crippen LogP contribution in [0.3, 0.4) is 0 Å². The number of nitrogens with zero attached hydrogens (tertiary/aromatic N) is 5. The normalized spacial score (nSPS) is 13.6. The summed E-state index contributed by atoms with van der Waals surface area (Å²) >= 11 is 0. The Morgan fingerprint density at radius 1 is 0.329 bits per heavy atom. The van der Waals surface area contributed by atoms with Gasteiger partial charge in [0.1, 0.15) is 0 Å². The molecule has 0 bridgehead atoms. The van der Waals surface area contributed by atoms with Gasteiger partial charge in [0.25, 0.3) is 0 Å². The number of carbonyl (C=O) groups excluding carboxylic acids is 2. The summed E-state index contributed by atoms with van der Waals surface area (Å²) in [5, 5.41) is 9.15. The van der Waals surface area contributed by atoms with Gasteiger partial charge in [-0.1, -0.05) is 266 Å². The summed E-state index contributed by atoms with van der Waals surface area (Å²) < 4.78 is 0. The molecule has 1 fully saturated rings. The highest BCUT2D eigenvalue weighted by molar-refractivity contribution is 5.80. The monoisotopic (exact) mass is 1030 g/mol. The van der Waals surface area contributed by atoms with Crippen molar-refractivity contribution >= 4 is 17.8 Å². The van der Waals surface area contributed by atoms with Crippen LogP contribution in [0, 0.1) is 5.92 Å². The summed E-state index contributed by atoms with van der Waals surface area (Å²) in [5.74, 6) is -0.414. The van der Waals surface area contributed by atoms with Crippen LogP contribution >= 0.6 is 0 Å². The van der Waals surface area contributed by atoms with Gasteiger partial charge in [-0.3, -0.25) is 24.2 Å². The average molecular weight is 1030 g/mol. The SMILES string of the molecule is CCCCCCCCCCCCCCN(CCCCCCCCCCC(C)C(=O)O)CC(=O)N1CCN(C(=O)CN(CCCCCCCCC)CCN(CCCCCCCCC)CCCCCCCCC)CC1. The van der Waals surface area contributed by atoms with E-state index < -0.39 is 5.97 Å². The molecule has 1 saturated heterocycles. The molecule has 432 valence electrons. The van der Waals surface area contributed by atoms with E-state index in [0.29, 0.717) is 39.3 Å². The quantitative estimate of drug-likeness (QED) is 0.0607. The molecule has 2 amide bonds. The highest BCUT2D eigenvalue weighted by Crippen LogP contribution is 2.17. The van der Waals surface area contributed by atoms with E-state index in [0.717, 1.165) is 58.4 Å². The maximum atomic E-state index is 14.1. The lowest BCUT2D eigenvalue weighted by atomic mass is 10.0. The van der Waals surface area contributed by atoms with Crippen molar-refractivity contribution in [2.75, 3.05) is 85.1 Å². The van der Waals surface area contributed by atoms with Crippen LogP contribution in [0.15, 0.2) is 0 Å². The third kappa shape index (κ3) is 43.0. The van der Waals surface area contributed by atoms with Crippen molar-refractivity contribution in [2.45, 2.75) is 304 Å². The second kappa shape index (κ2) is 52.3. The van der Waals surface area contributed by atoms with E-state index in [1.807, 2.05) is 6.92 Å². The van der Waals surface area contributed by atoms with Crippen LogP contribution in [0.1, 0.15) is 304 Å². The molecule has 1 atom stereocenters. The fourth-order valence-corrected chi connectivity index (χ4v) is 11.0. The smallest absolute Gasteiger partial charge is 0.306 e. The highest BCUT2D eigenvalue weighted by atomic mass is 16.4. The van der Waals surface area contributed by atoms with Gasteiger partial charge in [0.05, 0.1) is 19.0 Å². The van der Waals surface area contributed by atoms with Gasteiger partial charge in [0.15, 0.2) is 0 Å². The van der Waals surface area contributed by atoms with E-state index in [1.54, 1.807) is 0 Å². The minimum Gasteiger partial charge on any atom is -0.481 e. The predicted molar refractivity (Wildman–Crippen MR) is 316 cm³/mol. The molecule has 1 aliphatic rings. The van der Waals surface area contributed by atoms with Crippen LogP contribution in [0.2, 0.25) is 0 Å². The molecule has 73 heavy (non-hydrogen) atoms. The third-order valence-corrected chi connectivity index (χ3v) is 16.3. The lowest BCUT2D eigenvalue weighted by Gasteiger charge is -2.37. The van der Waals surface area contributed by atoms with Gasteiger partial charge in [-0.15, -0.1) is 0 Å². The zero-order valence-corrected chi connectivity index (χ0v) is 49.9. The van der Waals surface area contributed by atoms with Crippen molar-refractivity contribution in [2.24, 2.45) is 5.92 Å². The number of carboxylic acid groups (broad SMARTS) is 1. The Balaban J connectivity index is 2.77. The van der Waals surface area contributed by atoms with Crippen LogP contribution in [0.5, 0.6) is 0 Å². The number of amides is 2. The third-order valence-electron chi connectivity index (χ3n) is 16.3. The Bertz CT molecular complexity index is 1190. The Kier molecular flexibility index (Phi) is 49.7. The molecular formula is C64H127N5O4. The van der Waals surface area contributed by atoms with Crippen molar-refractivity contribution in [1.82, 2.24) is 24.5 Å². The van der Waals surface area contributed by atoms with Gasteiger partial charge in [0.2, 0.25) is 11.8 Å². The maximum absolute atomic E-state index is 14.1. The Hall–Kier alpha value is -1.71. The molecule has 1 N–H and O–H groups in total. The number of carbonyl (C=O) groups is 3. The number of hydrogen-bond donors (Lipinski definition) is 1. The molecule has 1 unspecified atom stereocenters. The number of hydrogen-bond acceptors (Lipinski definition) is 6. The average Bonchev–Trinajstić information content (AvgIpc) is 3.39. The molecule has 0 aromatic rings. The molecule has 1 rings (SSSR count). The lowest BCUT2D eigenvalue weighted by Crippen LogP contribution is -2.54. The molecule has 9 heteroatoms.